The monoisotopic (exact) mass is 351 g/mol. The molecule has 0 saturated heterocycles. The van der Waals surface area contributed by atoms with Crippen LogP contribution in [0.5, 0.6) is 0 Å². The third-order valence-corrected chi connectivity index (χ3v) is 4.85. The molecule has 0 radical (unpaired) electrons. The van der Waals surface area contributed by atoms with Crippen LogP contribution < -0.4 is 5.32 Å². The van der Waals surface area contributed by atoms with Crippen LogP contribution in [0.25, 0.3) is 5.78 Å². The van der Waals surface area contributed by atoms with Gasteiger partial charge >= 0.3 is 0 Å². The Bertz CT molecular complexity index is 900. The molecule has 0 aliphatic rings. The summed E-state index contributed by atoms with van der Waals surface area (Å²) in [5, 5.41) is 7.23. The summed E-state index contributed by atoms with van der Waals surface area (Å²) in [4.78, 5) is 21.2. The highest BCUT2D eigenvalue weighted by molar-refractivity contribution is 5.93. The van der Waals surface area contributed by atoms with E-state index in [1.54, 1.807) is 6.07 Å². The van der Waals surface area contributed by atoms with Crippen molar-refractivity contribution in [3.8, 4) is 0 Å². The van der Waals surface area contributed by atoms with Crippen LogP contribution in [-0.4, -0.2) is 25.5 Å². The number of rotatable bonds is 6. The van der Waals surface area contributed by atoms with Gasteiger partial charge in [-0.25, -0.2) is 4.98 Å². The van der Waals surface area contributed by atoms with Crippen LogP contribution in [0, 0.1) is 6.92 Å². The van der Waals surface area contributed by atoms with E-state index in [9.17, 15) is 4.79 Å². The van der Waals surface area contributed by atoms with E-state index in [0.29, 0.717) is 17.4 Å². The van der Waals surface area contributed by atoms with Gasteiger partial charge < -0.3 is 5.32 Å². The second-order valence-corrected chi connectivity index (χ2v) is 6.66. The Kier molecular flexibility index (Phi) is 5.30. The third-order valence-electron chi connectivity index (χ3n) is 4.85. The van der Waals surface area contributed by atoms with Crippen LogP contribution in [0.3, 0.4) is 0 Å². The second-order valence-electron chi connectivity index (χ2n) is 6.66. The minimum atomic E-state index is -0.177. The Balaban J connectivity index is 1.83. The molecule has 0 saturated carbocycles. The van der Waals surface area contributed by atoms with Crippen LogP contribution in [0.2, 0.25) is 0 Å². The van der Waals surface area contributed by atoms with Crippen LogP contribution in [-0.2, 0) is 0 Å². The van der Waals surface area contributed by atoms with Gasteiger partial charge in [-0.15, -0.1) is 0 Å². The van der Waals surface area contributed by atoms with Crippen LogP contribution in [0.4, 0.5) is 0 Å². The quantitative estimate of drug-likeness (QED) is 0.732. The predicted octanol–water partition coefficient (Wildman–Crippen LogP) is 3.83. The number of carbonyl (C=O) groups is 1. The highest BCUT2D eigenvalue weighted by Crippen LogP contribution is 2.23. The fourth-order valence-corrected chi connectivity index (χ4v) is 3.04. The van der Waals surface area contributed by atoms with Crippen LogP contribution in [0.1, 0.15) is 72.9 Å². The number of aryl methyl sites for hydroxylation is 1. The minimum absolute atomic E-state index is 0.0551. The van der Waals surface area contributed by atoms with Gasteiger partial charge in [0.2, 0.25) is 0 Å². The maximum absolute atomic E-state index is 12.8. The standard InChI is InChI=1S/C20H25N5O/c1-5-13(3)15-7-9-16(10-8-15)17(6-2)24-19(26)18-11-14(4)23-20-21-12-22-25(18)20/h7-13,17H,5-6H2,1-4H3,(H,24,26)/t13-,17+/m1/s1. The number of fused-ring (bicyclic) bond motifs is 1. The first kappa shape index (κ1) is 18.0. The number of nitrogens with one attached hydrogen (secondary N) is 1. The number of aromatic nitrogens is 4. The number of carbonyl (C=O) groups excluding carboxylic acids is 1. The summed E-state index contributed by atoms with van der Waals surface area (Å²) < 4.78 is 1.47. The molecule has 6 heteroatoms. The summed E-state index contributed by atoms with van der Waals surface area (Å²) >= 11 is 0. The smallest absolute Gasteiger partial charge is 0.270 e. The van der Waals surface area contributed by atoms with Crippen molar-refractivity contribution in [1.29, 1.82) is 0 Å². The first-order chi connectivity index (χ1) is 12.5. The molecule has 0 aliphatic carbocycles. The summed E-state index contributed by atoms with van der Waals surface area (Å²) in [6.45, 7) is 8.32. The first-order valence-electron chi connectivity index (χ1n) is 9.11. The third kappa shape index (κ3) is 3.59. The molecule has 0 fully saturated rings. The Labute approximate surface area is 153 Å². The highest BCUT2D eigenvalue weighted by Gasteiger charge is 2.18. The lowest BCUT2D eigenvalue weighted by Crippen LogP contribution is -2.30. The second kappa shape index (κ2) is 7.64. The van der Waals surface area contributed by atoms with Crippen molar-refractivity contribution in [2.75, 3.05) is 0 Å². The molecule has 6 nitrogen and oxygen atoms in total. The molecular weight excluding hydrogens is 326 g/mol. The number of hydrogen-bond acceptors (Lipinski definition) is 4. The van der Waals surface area contributed by atoms with E-state index in [2.05, 4.69) is 65.4 Å². The van der Waals surface area contributed by atoms with E-state index in [1.165, 1.54) is 16.4 Å². The summed E-state index contributed by atoms with van der Waals surface area (Å²) in [5.41, 5.74) is 3.61. The zero-order chi connectivity index (χ0) is 18.7. The average Bonchev–Trinajstić information content (AvgIpc) is 3.13. The topological polar surface area (TPSA) is 72.2 Å². The normalized spacial score (nSPS) is 13.5. The largest absolute Gasteiger partial charge is 0.344 e. The van der Waals surface area contributed by atoms with Crippen molar-refractivity contribution in [1.82, 2.24) is 24.9 Å². The minimum Gasteiger partial charge on any atom is -0.344 e. The van der Waals surface area contributed by atoms with Crippen molar-refractivity contribution in [3.63, 3.8) is 0 Å². The van der Waals surface area contributed by atoms with Gasteiger partial charge in [-0.2, -0.15) is 14.6 Å². The fourth-order valence-electron chi connectivity index (χ4n) is 3.04. The summed E-state index contributed by atoms with van der Waals surface area (Å²) in [7, 11) is 0. The summed E-state index contributed by atoms with van der Waals surface area (Å²) in [6.07, 6.45) is 3.32. The molecule has 1 aromatic carbocycles. The first-order valence-corrected chi connectivity index (χ1v) is 9.11. The molecule has 136 valence electrons. The highest BCUT2D eigenvalue weighted by atomic mass is 16.2. The zero-order valence-electron chi connectivity index (χ0n) is 15.7. The van der Waals surface area contributed by atoms with Gasteiger partial charge in [0.25, 0.3) is 11.7 Å². The molecule has 0 unspecified atom stereocenters. The molecule has 2 atom stereocenters. The summed E-state index contributed by atoms with van der Waals surface area (Å²) in [6, 6.07) is 10.2. The number of hydrogen-bond donors (Lipinski definition) is 1. The van der Waals surface area contributed by atoms with Crippen LogP contribution >= 0.6 is 0 Å². The van der Waals surface area contributed by atoms with Gasteiger partial charge in [-0.3, -0.25) is 4.79 Å². The summed E-state index contributed by atoms with van der Waals surface area (Å²) in [5.74, 6) is 0.795. The number of nitrogens with zero attached hydrogens (tertiary/aromatic N) is 4. The van der Waals surface area contributed by atoms with E-state index in [1.807, 2.05) is 6.92 Å². The van der Waals surface area contributed by atoms with Crippen molar-refractivity contribution in [2.45, 2.75) is 52.5 Å². The SMILES string of the molecule is CC[C@@H](C)c1ccc([C@H](CC)NC(=O)c2cc(C)nc3ncnn23)cc1. The molecule has 3 aromatic rings. The molecule has 0 spiro atoms. The molecular formula is C20H25N5O. The molecule has 2 heterocycles. The Morgan fingerprint density at radius 2 is 1.85 bits per heavy atom. The Morgan fingerprint density at radius 1 is 1.15 bits per heavy atom. The fraction of sp³-hybridized carbons (Fsp3) is 0.400. The van der Waals surface area contributed by atoms with Gasteiger partial charge in [0, 0.05) is 5.69 Å². The molecule has 0 aliphatic heterocycles. The molecule has 3 rings (SSSR count). The van der Waals surface area contributed by atoms with Crippen molar-refractivity contribution in [2.24, 2.45) is 0 Å². The van der Waals surface area contributed by atoms with Gasteiger partial charge in [-0.1, -0.05) is 45.0 Å². The Hall–Kier alpha value is -2.76. The van der Waals surface area contributed by atoms with Gasteiger partial charge in [0.15, 0.2) is 0 Å². The molecule has 1 N–H and O–H groups in total. The molecule has 1 amide bonds. The van der Waals surface area contributed by atoms with Gasteiger partial charge in [-0.05, 0) is 42.9 Å². The van der Waals surface area contributed by atoms with Gasteiger partial charge in [0.05, 0.1) is 6.04 Å². The molecule has 0 bridgehead atoms. The van der Waals surface area contributed by atoms with E-state index < -0.39 is 0 Å². The predicted molar refractivity (Wildman–Crippen MR) is 101 cm³/mol. The van der Waals surface area contributed by atoms with Crippen molar-refractivity contribution >= 4 is 11.7 Å². The molecule has 2 aromatic heterocycles. The zero-order valence-corrected chi connectivity index (χ0v) is 15.7. The molecule has 26 heavy (non-hydrogen) atoms. The van der Waals surface area contributed by atoms with E-state index in [4.69, 9.17) is 0 Å². The van der Waals surface area contributed by atoms with Crippen LogP contribution in [0.15, 0.2) is 36.7 Å². The van der Waals surface area contributed by atoms with E-state index in [-0.39, 0.29) is 11.9 Å². The van der Waals surface area contributed by atoms with Crippen molar-refractivity contribution in [3.05, 3.63) is 59.2 Å². The average molecular weight is 351 g/mol. The maximum atomic E-state index is 12.8. The van der Waals surface area contributed by atoms with Gasteiger partial charge in [0.1, 0.15) is 12.0 Å². The van der Waals surface area contributed by atoms with E-state index >= 15 is 0 Å². The van der Waals surface area contributed by atoms with Crippen molar-refractivity contribution < 1.29 is 4.79 Å². The maximum Gasteiger partial charge on any atom is 0.270 e. The Morgan fingerprint density at radius 3 is 2.50 bits per heavy atom. The lowest BCUT2D eigenvalue weighted by atomic mass is 9.95. The lowest BCUT2D eigenvalue weighted by Gasteiger charge is -2.19. The number of benzene rings is 1. The number of amides is 1. The lowest BCUT2D eigenvalue weighted by molar-refractivity contribution is 0.0927. The van der Waals surface area contributed by atoms with E-state index in [0.717, 1.165) is 24.1 Å².